The maximum absolute atomic E-state index is 10.4. The van der Waals surface area contributed by atoms with Crippen LogP contribution >= 0.6 is 43.2 Å². The number of rotatable bonds is 11. The van der Waals surface area contributed by atoms with Crippen molar-refractivity contribution in [2.45, 2.75) is 74.4 Å². The van der Waals surface area contributed by atoms with Crippen molar-refractivity contribution in [3.05, 3.63) is 0 Å². The fourth-order valence-corrected chi connectivity index (χ4v) is 9.22. The Balaban J connectivity index is 1.51. The molecule has 3 N–H and O–H groups in total. The van der Waals surface area contributed by atoms with Gasteiger partial charge in [0, 0.05) is 22.0 Å². The molecule has 0 bridgehead atoms. The number of aliphatic hydroxyl groups excluding tert-OH is 1. The number of nitrogens with two attached hydrogens (primary N) is 1. The van der Waals surface area contributed by atoms with Crippen molar-refractivity contribution >= 4 is 43.2 Å². The monoisotopic (exact) mass is 381 g/mol. The molecule has 4 unspecified atom stereocenters. The van der Waals surface area contributed by atoms with Crippen LogP contribution in [0, 0.1) is 5.92 Å². The van der Waals surface area contributed by atoms with Gasteiger partial charge in [0.15, 0.2) is 0 Å². The molecular formula is C16H31NOS4. The van der Waals surface area contributed by atoms with Crippen LogP contribution in [0.15, 0.2) is 0 Å². The van der Waals surface area contributed by atoms with Gasteiger partial charge in [-0.2, -0.15) is 0 Å². The van der Waals surface area contributed by atoms with Crippen molar-refractivity contribution in [3.63, 3.8) is 0 Å². The molecule has 0 saturated carbocycles. The van der Waals surface area contributed by atoms with E-state index < -0.39 is 0 Å². The lowest BCUT2D eigenvalue weighted by Crippen LogP contribution is -2.28. The molecule has 22 heavy (non-hydrogen) atoms. The molecule has 2 fully saturated rings. The SMILES string of the molecule is NCC(CCCC1CCSS1)C(O)CCCCC1CCSS1. The van der Waals surface area contributed by atoms with Crippen molar-refractivity contribution in [2.75, 3.05) is 18.1 Å². The lowest BCUT2D eigenvalue weighted by atomic mass is 9.91. The molecule has 6 heteroatoms. The second kappa shape index (κ2) is 11.8. The number of unbranched alkanes of at least 4 members (excludes halogenated alkanes) is 1. The van der Waals surface area contributed by atoms with Crippen LogP contribution in [0.4, 0.5) is 0 Å². The average Bonchev–Trinajstić information content (AvgIpc) is 3.21. The topological polar surface area (TPSA) is 46.2 Å². The molecule has 0 radical (unpaired) electrons. The Kier molecular flexibility index (Phi) is 10.5. The summed E-state index contributed by atoms with van der Waals surface area (Å²) in [6.45, 7) is 0.642. The van der Waals surface area contributed by atoms with Gasteiger partial charge in [-0.25, -0.2) is 0 Å². The Labute approximate surface area is 152 Å². The highest BCUT2D eigenvalue weighted by molar-refractivity contribution is 8.77. The van der Waals surface area contributed by atoms with Crippen LogP contribution < -0.4 is 5.73 Å². The van der Waals surface area contributed by atoms with Gasteiger partial charge in [-0.15, -0.1) is 0 Å². The normalized spacial score (nSPS) is 28.1. The van der Waals surface area contributed by atoms with Crippen LogP contribution in [-0.4, -0.2) is 39.8 Å². The quantitative estimate of drug-likeness (QED) is 0.389. The number of aliphatic hydroxyl groups is 1. The molecule has 2 aliphatic heterocycles. The van der Waals surface area contributed by atoms with Gasteiger partial charge in [0.05, 0.1) is 6.10 Å². The van der Waals surface area contributed by atoms with E-state index in [2.05, 4.69) is 21.6 Å². The minimum absolute atomic E-state index is 0.179. The zero-order chi connectivity index (χ0) is 15.6. The Hall–Kier alpha value is 1.32. The molecule has 4 atom stereocenters. The molecule has 2 rings (SSSR count). The lowest BCUT2D eigenvalue weighted by Gasteiger charge is -2.22. The summed E-state index contributed by atoms with van der Waals surface area (Å²) in [5, 5.41) is 12.1. The van der Waals surface area contributed by atoms with Gasteiger partial charge >= 0.3 is 0 Å². The van der Waals surface area contributed by atoms with Gasteiger partial charge in [-0.05, 0) is 51.0 Å². The minimum Gasteiger partial charge on any atom is -0.393 e. The Bertz CT molecular complexity index is 283. The fourth-order valence-electron chi connectivity index (χ4n) is 3.17. The first kappa shape index (κ1) is 19.6. The predicted molar refractivity (Wildman–Crippen MR) is 108 cm³/mol. The number of hydrogen-bond donors (Lipinski definition) is 2. The highest BCUT2D eigenvalue weighted by Crippen LogP contribution is 2.41. The van der Waals surface area contributed by atoms with Gasteiger partial charge in [-0.1, -0.05) is 62.4 Å². The summed E-state index contributed by atoms with van der Waals surface area (Å²) in [4.78, 5) is 0. The van der Waals surface area contributed by atoms with Crippen LogP contribution in [-0.2, 0) is 0 Å². The Morgan fingerprint density at radius 1 is 0.909 bits per heavy atom. The van der Waals surface area contributed by atoms with Crippen molar-refractivity contribution < 1.29 is 5.11 Å². The molecule has 2 aliphatic rings. The van der Waals surface area contributed by atoms with E-state index in [1.54, 1.807) is 0 Å². The van der Waals surface area contributed by atoms with E-state index in [1.807, 2.05) is 21.6 Å². The molecule has 2 nitrogen and oxygen atoms in total. The zero-order valence-electron chi connectivity index (χ0n) is 13.5. The summed E-state index contributed by atoms with van der Waals surface area (Å²) in [5.74, 6) is 2.96. The molecule has 2 heterocycles. The largest absolute Gasteiger partial charge is 0.393 e. The van der Waals surface area contributed by atoms with Gasteiger partial charge in [-0.3, -0.25) is 0 Å². The molecule has 130 valence electrons. The standard InChI is InChI=1S/C16H31NOS4/c17-12-13(4-3-6-15-9-11-20-22-15)16(18)7-2-1-5-14-8-10-19-21-14/h13-16,18H,1-12,17H2. The smallest absolute Gasteiger partial charge is 0.0580 e. The summed E-state index contributed by atoms with van der Waals surface area (Å²) in [6, 6.07) is 0. The summed E-state index contributed by atoms with van der Waals surface area (Å²) in [7, 11) is 8.16. The van der Waals surface area contributed by atoms with E-state index in [4.69, 9.17) is 5.73 Å². The third kappa shape index (κ3) is 7.47. The first-order valence-corrected chi connectivity index (χ1v) is 13.5. The highest BCUT2D eigenvalue weighted by Gasteiger charge is 2.21. The third-order valence-electron chi connectivity index (χ3n) is 4.68. The van der Waals surface area contributed by atoms with Crippen molar-refractivity contribution in [1.29, 1.82) is 0 Å². The summed E-state index contributed by atoms with van der Waals surface area (Å²) >= 11 is 0. The van der Waals surface area contributed by atoms with E-state index >= 15 is 0 Å². The zero-order valence-corrected chi connectivity index (χ0v) is 16.7. The Morgan fingerprint density at radius 3 is 2.09 bits per heavy atom. The van der Waals surface area contributed by atoms with Crippen molar-refractivity contribution in [1.82, 2.24) is 0 Å². The van der Waals surface area contributed by atoms with E-state index in [1.165, 1.54) is 50.0 Å². The van der Waals surface area contributed by atoms with Gasteiger partial charge in [0.1, 0.15) is 0 Å². The highest BCUT2D eigenvalue weighted by atomic mass is 33.1. The molecule has 0 aromatic heterocycles. The first-order chi connectivity index (χ1) is 10.8. The van der Waals surface area contributed by atoms with Gasteiger partial charge in [0.25, 0.3) is 0 Å². The fraction of sp³-hybridized carbons (Fsp3) is 1.00. The molecule has 0 aliphatic carbocycles. The van der Waals surface area contributed by atoms with Crippen LogP contribution in [0.2, 0.25) is 0 Å². The maximum Gasteiger partial charge on any atom is 0.0580 e. The van der Waals surface area contributed by atoms with Crippen LogP contribution in [0.5, 0.6) is 0 Å². The molecule has 0 amide bonds. The summed E-state index contributed by atoms with van der Waals surface area (Å²) < 4.78 is 0. The van der Waals surface area contributed by atoms with Crippen LogP contribution in [0.1, 0.15) is 57.8 Å². The molecule has 0 spiro atoms. The van der Waals surface area contributed by atoms with Crippen LogP contribution in [0.25, 0.3) is 0 Å². The van der Waals surface area contributed by atoms with Crippen molar-refractivity contribution in [3.8, 4) is 0 Å². The Morgan fingerprint density at radius 2 is 1.55 bits per heavy atom. The number of hydrogen-bond acceptors (Lipinski definition) is 6. The molecule has 0 aromatic rings. The third-order valence-corrected chi connectivity index (χ3v) is 10.7. The minimum atomic E-state index is -0.179. The second-order valence-corrected chi connectivity index (χ2v) is 12.0. The average molecular weight is 382 g/mol. The molecule has 0 aromatic carbocycles. The maximum atomic E-state index is 10.4. The molecule has 2 saturated heterocycles. The summed E-state index contributed by atoms with van der Waals surface area (Å²) in [5.41, 5.74) is 5.90. The first-order valence-electron chi connectivity index (χ1n) is 8.74. The predicted octanol–water partition coefficient (Wildman–Crippen LogP) is 4.96. The van der Waals surface area contributed by atoms with Crippen molar-refractivity contribution in [2.24, 2.45) is 11.7 Å². The van der Waals surface area contributed by atoms with Crippen LogP contribution in [0.3, 0.4) is 0 Å². The van der Waals surface area contributed by atoms with E-state index in [-0.39, 0.29) is 6.10 Å². The second-order valence-electron chi connectivity index (χ2n) is 6.44. The van der Waals surface area contributed by atoms with E-state index in [0.29, 0.717) is 12.5 Å². The van der Waals surface area contributed by atoms with Gasteiger partial charge < -0.3 is 10.8 Å². The van der Waals surface area contributed by atoms with E-state index in [0.717, 1.165) is 29.8 Å². The van der Waals surface area contributed by atoms with Gasteiger partial charge in [0.2, 0.25) is 0 Å². The van der Waals surface area contributed by atoms with E-state index in [9.17, 15) is 5.11 Å². The summed E-state index contributed by atoms with van der Waals surface area (Å²) in [6.07, 6.45) is 10.9. The molecular weight excluding hydrogens is 350 g/mol. The lowest BCUT2D eigenvalue weighted by molar-refractivity contribution is 0.0935.